The van der Waals surface area contributed by atoms with Crippen LogP contribution >= 0.6 is 0 Å². The Morgan fingerprint density at radius 2 is 1.76 bits per heavy atom. The number of carbonyl (C=O) groups is 2. The molecular formula is C22H32N4O3. The summed E-state index contributed by atoms with van der Waals surface area (Å²) in [6.07, 6.45) is 7.98. The van der Waals surface area contributed by atoms with Gasteiger partial charge in [0.05, 0.1) is 13.0 Å². The van der Waals surface area contributed by atoms with Gasteiger partial charge in [-0.05, 0) is 51.1 Å². The van der Waals surface area contributed by atoms with Crippen molar-refractivity contribution in [2.24, 2.45) is 5.92 Å². The standard InChI is InChI=1S/C22H32N4O3/c1-29-20-15-17(6-9-23-20)21(27)25-13-7-19(8-14-25)26-12-4-5-18(16-26)22(28)24-10-2-3-11-24/h6,9,15,18-19H,2-5,7-8,10-14,16H2,1H3. The van der Waals surface area contributed by atoms with Gasteiger partial charge in [-0.25, -0.2) is 4.98 Å². The summed E-state index contributed by atoms with van der Waals surface area (Å²) in [6, 6.07) is 3.92. The van der Waals surface area contributed by atoms with Crippen molar-refractivity contribution in [3.63, 3.8) is 0 Å². The lowest BCUT2D eigenvalue weighted by Crippen LogP contribution is -2.51. The summed E-state index contributed by atoms with van der Waals surface area (Å²) in [4.78, 5) is 36.2. The number of rotatable bonds is 4. The molecule has 0 aliphatic carbocycles. The van der Waals surface area contributed by atoms with Crippen molar-refractivity contribution in [3.05, 3.63) is 23.9 Å². The minimum atomic E-state index is 0.0462. The van der Waals surface area contributed by atoms with E-state index < -0.39 is 0 Å². The summed E-state index contributed by atoms with van der Waals surface area (Å²) >= 11 is 0. The maximum atomic E-state index is 12.8. The van der Waals surface area contributed by atoms with Gasteiger partial charge >= 0.3 is 0 Å². The number of piperidine rings is 2. The molecule has 7 heteroatoms. The Balaban J connectivity index is 1.30. The predicted molar refractivity (Wildman–Crippen MR) is 110 cm³/mol. The summed E-state index contributed by atoms with van der Waals surface area (Å²) in [5.74, 6) is 1.04. The first-order valence-corrected chi connectivity index (χ1v) is 11.0. The molecule has 0 N–H and O–H groups in total. The number of methoxy groups -OCH3 is 1. The maximum absolute atomic E-state index is 12.8. The van der Waals surface area contributed by atoms with Crippen LogP contribution in [0.5, 0.6) is 5.88 Å². The van der Waals surface area contributed by atoms with Gasteiger partial charge in [-0.2, -0.15) is 0 Å². The van der Waals surface area contributed by atoms with E-state index >= 15 is 0 Å². The number of nitrogens with zero attached hydrogens (tertiary/aromatic N) is 4. The molecule has 0 saturated carbocycles. The Bertz CT molecular complexity index is 727. The van der Waals surface area contributed by atoms with Crippen molar-refractivity contribution in [1.29, 1.82) is 0 Å². The van der Waals surface area contributed by atoms with Crippen molar-refractivity contribution in [1.82, 2.24) is 19.7 Å². The number of likely N-dealkylation sites (tertiary alicyclic amines) is 3. The van der Waals surface area contributed by atoms with Gasteiger partial charge in [-0.3, -0.25) is 14.5 Å². The van der Waals surface area contributed by atoms with Gasteiger partial charge in [0.2, 0.25) is 11.8 Å². The van der Waals surface area contributed by atoms with Gasteiger partial charge in [0, 0.05) is 56.6 Å². The van der Waals surface area contributed by atoms with E-state index in [4.69, 9.17) is 4.74 Å². The van der Waals surface area contributed by atoms with Crippen LogP contribution in [-0.4, -0.2) is 83.9 Å². The van der Waals surface area contributed by atoms with Crippen LogP contribution in [0.25, 0.3) is 0 Å². The first kappa shape index (κ1) is 20.1. The van der Waals surface area contributed by atoms with Crippen LogP contribution in [0.15, 0.2) is 18.3 Å². The molecular weight excluding hydrogens is 368 g/mol. The highest BCUT2D eigenvalue weighted by Gasteiger charge is 2.34. The second kappa shape index (κ2) is 9.11. The van der Waals surface area contributed by atoms with E-state index in [2.05, 4.69) is 14.8 Å². The van der Waals surface area contributed by atoms with E-state index in [1.807, 2.05) is 4.90 Å². The van der Waals surface area contributed by atoms with E-state index in [0.29, 0.717) is 23.4 Å². The molecule has 0 radical (unpaired) electrons. The zero-order valence-corrected chi connectivity index (χ0v) is 17.4. The smallest absolute Gasteiger partial charge is 0.254 e. The molecule has 3 aliphatic rings. The molecule has 4 rings (SSSR count). The third kappa shape index (κ3) is 4.55. The minimum absolute atomic E-state index is 0.0462. The van der Waals surface area contributed by atoms with E-state index in [9.17, 15) is 9.59 Å². The molecule has 7 nitrogen and oxygen atoms in total. The molecule has 158 valence electrons. The molecule has 3 saturated heterocycles. The molecule has 1 aromatic rings. The number of aromatic nitrogens is 1. The summed E-state index contributed by atoms with van der Waals surface area (Å²) in [6.45, 7) is 5.36. The number of carbonyl (C=O) groups excluding carboxylic acids is 2. The van der Waals surface area contributed by atoms with Crippen molar-refractivity contribution >= 4 is 11.8 Å². The Labute approximate surface area is 173 Å². The number of ether oxygens (including phenoxy) is 1. The number of hydrogen-bond acceptors (Lipinski definition) is 5. The molecule has 0 spiro atoms. The highest BCUT2D eigenvalue weighted by atomic mass is 16.5. The van der Waals surface area contributed by atoms with Crippen molar-refractivity contribution < 1.29 is 14.3 Å². The lowest BCUT2D eigenvalue weighted by molar-refractivity contribution is -0.136. The largest absolute Gasteiger partial charge is 0.481 e. The van der Waals surface area contributed by atoms with Crippen LogP contribution in [0.2, 0.25) is 0 Å². The molecule has 1 aromatic heterocycles. The molecule has 1 unspecified atom stereocenters. The Morgan fingerprint density at radius 3 is 2.48 bits per heavy atom. The molecule has 0 aromatic carbocycles. The van der Waals surface area contributed by atoms with Crippen molar-refractivity contribution in [2.45, 2.75) is 44.6 Å². The Morgan fingerprint density at radius 1 is 1.00 bits per heavy atom. The SMILES string of the molecule is COc1cc(C(=O)N2CCC(N3CCCC(C(=O)N4CCCC4)C3)CC2)ccn1. The minimum Gasteiger partial charge on any atom is -0.481 e. The van der Waals surface area contributed by atoms with E-state index in [1.165, 1.54) is 0 Å². The first-order chi connectivity index (χ1) is 14.2. The van der Waals surface area contributed by atoms with Crippen LogP contribution in [0.1, 0.15) is 48.9 Å². The monoisotopic (exact) mass is 400 g/mol. The van der Waals surface area contributed by atoms with Crippen LogP contribution in [0.4, 0.5) is 0 Å². The lowest BCUT2D eigenvalue weighted by atomic mass is 9.92. The predicted octanol–water partition coefficient (Wildman–Crippen LogP) is 2.03. The fourth-order valence-corrected chi connectivity index (χ4v) is 5.01. The average Bonchev–Trinajstić information content (AvgIpc) is 3.33. The quantitative estimate of drug-likeness (QED) is 0.774. The molecule has 29 heavy (non-hydrogen) atoms. The summed E-state index contributed by atoms with van der Waals surface area (Å²) < 4.78 is 5.14. The third-order valence-corrected chi connectivity index (χ3v) is 6.68. The Kier molecular flexibility index (Phi) is 6.33. The van der Waals surface area contributed by atoms with Crippen LogP contribution in [0.3, 0.4) is 0 Å². The molecule has 3 aliphatic heterocycles. The third-order valence-electron chi connectivity index (χ3n) is 6.68. The van der Waals surface area contributed by atoms with Crippen LogP contribution < -0.4 is 4.74 Å². The van der Waals surface area contributed by atoms with Gasteiger partial charge in [0.1, 0.15) is 0 Å². The zero-order valence-electron chi connectivity index (χ0n) is 17.4. The van der Waals surface area contributed by atoms with Crippen LogP contribution in [-0.2, 0) is 4.79 Å². The van der Waals surface area contributed by atoms with E-state index in [-0.39, 0.29) is 11.8 Å². The second-order valence-corrected chi connectivity index (χ2v) is 8.48. The first-order valence-electron chi connectivity index (χ1n) is 11.0. The summed E-state index contributed by atoms with van der Waals surface area (Å²) in [5.41, 5.74) is 0.629. The molecule has 3 fully saturated rings. The Hall–Kier alpha value is -2.15. The van der Waals surface area contributed by atoms with Gasteiger partial charge < -0.3 is 14.5 Å². The molecule has 0 bridgehead atoms. The number of pyridine rings is 1. The fraction of sp³-hybridized carbons (Fsp3) is 0.682. The number of hydrogen-bond donors (Lipinski definition) is 0. The van der Waals surface area contributed by atoms with Gasteiger partial charge in [-0.1, -0.05) is 0 Å². The zero-order chi connectivity index (χ0) is 20.2. The topological polar surface area (TPSA) is 66.0 Å². The highest BCUT2D eigenvalue weighted by molar-refractivity contribution is 5.94. The number of amides is 2. The normalized spacial score (nSPS) is 24.0. The maximum Gasteiger partial charge on any atom is 0.254 e. The summed E-state index contributed by atoms with van der Waals surface area (Å²) in [7, 11) is 1.56. The molecule has 2 amide bonds. The lowest BCUT2D eigenvalue weighted by Gasteiger charge is -2.42. The second-order valence-electron chi connectivity index (χ2n) is 8.48. The highest BCUT2D eigenvalue weighted by Crippen LogP contribution is 2.26. The molecule has 1 atom stereocenters. The van der Waals surface area contributed by atoms with Crippen molar-refractivity contribution in [3.8, 4) is 5.88 Å². The van der Waals surface area contributed by atoms with E-state index in [1.54, 1.807) is 25.4 Å². The van der Waals surface area contributed by atoms with Gasteiger partial charge in [0.25, 0.3) is 5.91 Å². The van der Waals surface area contributed by atoms with Crippen LogP contribution in [0, 0.1) is 5.92 Å². The van der Waals surface area contributed by atoms with E-state index in [0.717, 1.165) is 77.8 Å². The fourth-order valence-electron chi connectivity index (χ4n) is 5.01. The van der Waals surface area contributed by atoms with Crippen molar-refractivity contribution in [2.75, 3.05) is 46.4 Å². The van der Waals surface area contributed by atoms with Gasteiger partial charge in [-0.15, -0.1) is 0 Å². The molecule has 4 heterocycles. The van der Waals surface area contributed by atoms with Gasteiger partial charge in [0.15, 0.2) is 0 Å². The summed E-state index contributed by atoms with van der Waals surface area (Å²) in [5, 5.41) is 0. The average molecular weight is 401 g/mol.